The third kappa shape index (κ3) is 1.81. The van der Waals surface area contributed by atoms with Gasteiger partial charge in [-0.2, -0.15) is 0 Å². The number of carbonyl (C=O) groups is 2. The first-order valence-corrected chi connectivity index (χ1v) is 6.09. The number of carbonyl (C=O) groups excluding carboxylic acids is 2. The molecule has 1 aliphatic carbocycles. The Morgan fingerprint density at radius 3 is 2.44 bits per heavy atom. The van der Waals surface area contributed by atoms with Crippen LogP contribution in [-0.4, -0.2) is 35.3 Å². The zero-order chi connectivity index (χ0) is 11.9. The summed E-state index contributed by atoms with van der Waals surface area (Å²) in [6.07, 6.45) is 2.09. The molecule has 0 bridgehead atoms. The normalized spacial score (nSPS) is 35.0. The number of hydrogen-bond acceptors (Lipinski definition) is 2. The third-order valence-electron chi connectivity index (χ3n) is 3.64. The van der Waals surface area contributed by atoms with Crippen molar-refractivity contribution in [1.82, 2.24) is 10.2 Å². The lowest BCUT2D eigenvalue weighted by molar-refractivity contribution is -0.153. The van der Waals surface area contributed by atoms with Crippen LogP contribution in [0.15, 0.2) is 0 Å². The SMILES string of the molecule is CC1CC(N2C(=O)CNC(=O)C2C(C)C)C1. The molecule has 2 fully saturated rings. The Hall–Kier alpha value is -1.06. The summed E-state index contributed by atoms with van der Waals surface area (Å²) in [7, 11) is 0. The molecule has 2 rings (SSSR count). The van der Waals surface area contributed by atoms with Crippen molar-refractivity contribution >= 4 is 11.8 Å². The van der Waals surface area contributed by atoms with E-state index in [9.17, 15) is 9.59 Å². The van der Waals surface area contributed by atoms with Crippen LogP contribution in [0.4, 0.5) is 0 Å². The highest BCUT2D eigenvalue weighted by molar-refractivity contribution is 5.95. The van der Waals surface area contributed by atoms with E-state index in [-0.39, 0.29) is 30.3 Å². The van der Waals surface area contributed by atoms with Gasteiger partial charge in [0.05, 0.1) is 6.54 Å². The molecule has 0 aromatic rings. The number of amides is 2. The van der Waals surface area contributed by atoms with E-state index < -0.39 is 0 Å². The fourth-order valence-electron chi connectivity index (χ4n) is 2.78. The molecule has 2 amide bonds. The lowest BCUT2D eigenvalue weighted by Gasteiger charge is -2.48. The van der Waals surface area contributed by atoms with Crippen LogP contribution in [-0.2, 0) is 9.59 Å². The molecule has 1 saturated carbocycles. The molecule has 1 unspecified atom stereocenters. The summed E-state index contributed by atoms with van der Waals surface area (Å²) in [5, 5.41) is 2.68. The highest BCUT2D eigenvalue weighted by Crippen LogP contribution is 2.34. The van der Waals surface area contributed by atoms with Crippen LogP contribution < -0.4 is 5.32 Å². The van der Waals surface area contributed by atoms with E-state index in [1.165, 1.54) is 0 Å². The first-order chi connectivity index (χ1) is 7.50. The Morgan fingerprint density at radius 2 is 1.94 bits per heavy atom. The topological polar surface area (TPSA) is 49.4 Å². The Morgan fingerprint density at radius 1 is 1.31 bits per heavy atom. The number of nitrogens with zero attached hydrogens (tertiary/aromatic N) is 1. The molecule has 4 nitrogen and oxygen atoms in total. The molecule has 16 heavy (non-hydrogen) atoms. The minimum Gasteiger partial charge on any atom is -0.345 e. The minimum absolute atomic E-state index is 0.00848. The van der Waals surface area contributed by atoms with Gasteiger partial charge < -0.3 is 10.2 Å². The van der Waals surface area contributed by atoms with Crippen molar-refractivity contribution in [3.63, 3.8) is 0 Å². The maximum absolute atomic E-state index is 11.9. The Labute approximate surface area is 96.4 Å². The first kappa shape index (κ1) is 11.4. The predicted octanol–water partition coefficient (Wildman–Crippen LogP) is 0.768. The second-order valence-corrected chi connectivity index (χ2v) is 5.44. The molecule has 4 heteroatoms. The molecule has 1 atom stereocenters. The average Bonchev–Trinajstić information content (AvgIpc) is 2.16. The van der Waals surface area contributed by atoms with Crippen LogP contribution in [0.5, 0.6) is 0 Å². The van der Waals surface area contributed by atoms with Gasteiger partial charge in [0.15, 0.2) is 0 Å². The highest BCUT2D eigenvalue weighted by atomic mass is 16.2. The molecule has 1 saturated heterocycles. The Balaban J connectivity index is 2.15. The molecule has 1 heterocycles. The lowest BCUT2D eigenvalue weighted by atomic mass is 9.79. The molecule has 0 aromatic carbocycles. The molecule has 90 valence electrons. The summed E-state index contributed by atoms with van der Waals surface area (Å²) in [6.45, 7) is 6.36. The van der Waals surface area contributed by atoms with Gasteiger partial charge in [0.2, 0.25) is 11.8 Å². The van der Waals surface area contributed by atoms with Crippen LogP contribution in [0, 0.1) is 11.8 Å². The zero-order valence-corrected chi connectivity index (χ0v) is 10.2. The molecule has 1 aliphatic heterocycles. The van der Waals surface area contributed by atoms with Crippen molar-refractivity contribution in [3.8, 4) is 0 Å². The second kappa shape index (κ2) is 4.07. The van der Waals surface area contributed by atoms with Crippen molar-refractivity contribution < 1.29 is 9.59 Å². The van der Waals surface area contributed by atoms with Crippen LogP contribution in [0.2, 0.25) is 0 Å². The van der Waals surface area contributed by atoms with Crippen LogP contribution >= 0.6 is 0 Å². The van der Waals surface area contributed by atoms with Crippen molar-refractivity contribution in [2.45, 2.75) is 45.7 Å². The molecule has 0 spiro atoms. The number of piperazine rings is 1. The quantitative estimate of drug-likeness (QED) is 0.753. The maximum Gasteiger partial charge on any atom is 0.243 e. The van der Waals surface area contributed by atoms with E-state index in [1.54, 1.807) is 0 Å². The van der Waals surface area contributed by atoms with E-state index in [0.717, 1.165) is 12.8 Å². The van der Waals surface area contributed by atoms with E-state index >= 15 is 0 Å². The van der Waals surface area contributed by atoms with Crippen molar-refractivity contribution in [2.75, 3.05) is 6.54 Å². The highest BCUT2D eigenvalue weighted by Gasteiger charge is 2.43. The summed E-state index contributed by atoms with van der Waals surface area (Å²) in [4.78, 5) is 25.6. The summed E-state index contributed by atoms with van der Waals surface area (Å²) < 4.78 is 0. The Kier molecular flexibility index (Phi) is 2.91. The zero-order valence-electron chi connectivity index (χ0n) is 10.2. The maximum atomic E-state index is 11.9. The third-order valence-corrected chi connectivity index (χ3v) is 3.64. The number of rotatable bonds is 2. The molecular weight excluding hydrogens is 204 g/mol. The largest absolute Gasteiger partial charge is 0.345 e. The fraction of sp³-hybridized carbons (Fsp3) is 0.833. The van der Waals surface area contributed by atoms with Gasteiger partial charge in [0.1, 0.15) is 6.04 Å². The van der Waals surface area contributed by atoms with Crippen LogP contribution in [0.1, 0.15) is 33.6 Å². The van der Waals surface area contributed by atoms with Crippen molar-refractivity contribution in [1.29, 1.82) is 0 Å². The minimum atomic E-state index is -0.265. The predicted molar refractivity (Wildman–Crippen MR) is 60.7 cm³/mol. The Bertz CT molecular complexity index is 308. The summed E-state index contributed by atoms with van der Waals surface area (Å²) >= 11 is 0. The summed E-state index contributed by atoms with van der Waals surface area (Å²) in [5.74, 6) is 0.958. The van der Waals surface area contributed by atoms with Gasteiger partial charge in [-0.15, -0.1) is 0 Å². The van der Waals surface area contributed by atoms with Crippen molar-refractivity contribution in [2.24, 2.45) is 11.8 Å². The second-order valence-electron chi connectivity index (χ2n) is 5.44. The van der Waals surface area contributed by atoms with Gasteiger partial charge in [-0.3, -0.25) is 9.59 Å². The molecule has 0 aromatic heterocycles. The fourth-order valence-corrected chi connectivity index (χ4v) is 2.78. The monoisotopic (exact) mass is 224 g/mol. The summed E-state index contributed by atoms with van der Waals surface area (Å²) in [5.41, 5.74) is 0. The first-order valence-electron chi connectivity index (χ1n) is 6.09. The average molecular weight is 224 g/mol. The molecule has 0 radical (unpaired) electrons. The van der Waals surface area contributed by atoms with Crippen molar-refractivity contribution in [3.05, 3.63) is 0 Å². The van der Waals surface area contributed by atoms with Gasteiger partial charge in [-0.05, 0) is 24.7 Å². The van der Waals surface area contributed by atoms with E-state index in [0.29, 0.717) is 12.0 Å². The molecule has 2 aliphatic rings. The number of hydrogen-bond donors (Lipinski definition) is 1. The van der Waals surface area contributed by atoms with E-state index in [2.05, 4.69) is 12.2 Å². The number of nitrogens with one attached hydrogen (secondary N) is 1. The van der Waals surface area contributed by atoms with Gasteiger partial charge in [-0.25, -0.2) is 0 Å². The van der Waals surface area contributed by atoms with Gasteiger partial charge in [0.25, 0.3) is 0 Å². The molecule has 1 N–H and O–H groups in total. The van der Waals surface area contributed by atoms with Crippen LogP contribution in [0.3, 0.4) is 0 Å². The van der Waals surface area contributed by atoms with Gasteiger partial charge in [-0.1, -0.05) is 20.8 Å². The lowest BCUT2D eigenvalue weighted by Crippen LogP contribution is -2.65. The van der Waals surface area contributed by atoms with E-state index in [4.69, 9.17) is 0 Å². The van der Waals surface area contributed by atoms with Gasteiger partial charge in [0, 0.05) is 6.04 Å². The molecular formula is C12H20N2O2. The standard InChI is InChI=1S/C12H20N2O2/c1-7(2)11-12(16)13-6-10(15)14(11)9-4-8(3)5-9/h7-9,11H,4-6H2,1-3H3,(H,13,16). The van der Waals surface area contributed by atoms with E-state index in [1.807, 2.05) is 18.7 Å². The van der Waals surface area contributed by atoms with Gasteiger partial charge >= 0.3 is 0 Å². The summed E-state index contributed by atoms with van der Waals surface area (Å²) in [6, 6.07) is 0.0275. The smallest absolute Gasteiger partial charge is 0.243 e. The van der Waals surface area contributed by atoms with Crippen LogP contribution in [0.25, 0.3) is 0 Å².